The van der Waals surface area contributed by atoms with Crippen molar-refractivity contribution in [2.45, 2.75) is 6.18 Å². The zero-order chi connectivity index (χ0) is 15.9. The van der Waals surface area contributed by atoms with E-state index in [2.05, 4.69) is 10.1 Å². The van der Waals surface area contributed by atoms with E-state index in [4.69, 9.17) is 0 Å². The van der Waals surface area contributed by atoms with Crippen molar-refractivity contribution in [1.82, 2.24) is 14.6 Å². The van der Waals surface area contributed by atoms with Gasteiger partial charge in [0.1, 0.15) is 11.3 Å². The van der Waals surface area contributed by atoms with Crippen molar-refractivity contribution in [3.8, 4) is 11.3 Å². The molecule has 5 nitrogen and oxygen atoms in total. The van der Waals surface area contributed by atoms with E-state index in [0.29, 0.717) is 0 Å². The Morgan fingerprint density at radius 1 is 1.23 bits per heavy atom. The molecule has 0 spiro atoms. The molecule has 0 saturated heterocycles. The van der Waals surface area contributed by atoms with Gasteiger partial charge >= 0.3 is 12.1 Å². The summed E-state index contributed by atoms with van der Waals surface area (Å²) in [7, 11) is 0. The maximum Gasteiger partial charge on any atom is 0.416 e. The van der Waals surface area contributed by atoms with Gasteiger partial charge < -0.3 is 5.11 Å². The molecule has 112 valence electrons. The van der Waals surface area contributed by atoms with Crippen LogP contribution >= 0.6 is 0 Å². The number of alkyl halides is 3. The Kier molecular flexibility index (Phi) is 3.09. The first kappa shape index (κ1) is 14.1. The minimum atomic E-state index is -4.52. The van der Waals surface area contributed by atoms with Gasteiger partial charge in [0.2, 0.25) is 0 Å². The largest absolute Gasteiger partial charge is 0.477 e. The fourth-order valence-electron chi connectivity index (χ4n) is 2.13. The molecule has 0 amide bonds. The standard InChI is InChI=1S/C14H8F3N3O2/c15-14(16,17)9-4-1-3-8(7-9)11-10(13(21)22)12-18-5-2-6-20(12)19-11/h1-7H,(H,21,22). The van der Waals surface area contributed by atoms with E-state index in [-0.39, 0.29) is 22.5 Å². The first-order valence-electron chi connectivity index (χ1n) is 6.12. The summed E-state index contributed by atoms with van der Waals surface area (Å²) in [6, 6.07) is 5.92. The van der Waals surface area contributed by atoms with Crippen molar-refractivity contribution in [1.29, 1.82) is 0 Å². The Balaban J connectivity index is 2.26. The van der Waals surface area contributed by atoms with Crippen LogP contribution in [0.25, 0.3) is 16.9 Å². The summed E-state index contributed by atoms with van der Waals surface area (Å²) in [6.45, 7) is 0. The van der Waals surface area contributed by atoms with Crippen molar-refractivity contribution in [3.63, 3.8) is 0 Å². The summed E-state index contributed by atoms with van der Waals surface area (Å²) in [4.78, 5) is 15.4. The molecule has 0 bridgehead atoms. The van der Waals surface area contributed by atoms with Crippen LogP contribution in [-0.4, -0.2) is 25.7 Å². The number of nitrogens with zero attached hydrogens (tertiary/aromatic N) is 3. The number of carboxylic acids is 1. The third kappa shape index (κ3) is 2.28. The third-order valence-electron chi connectivity index (χ3n) is 3.07. The molecule has 0 atom stereocenters. The molecule has 1 aromatic carbocycles. The number of benzene rings is 1. The van der Waals surface area contributed by atoms with Crippen LogP contribution in [0.5, 0.6) is 0 Å². The van der Waals surface area contributed by atoms with Crippen LogP contribution in [0.2, 0.25) is 0 Å². The SMILES string of the molecule is O=C(O)c1c(-c2cccc(C(F)(F)F)c2)nn2cccnc12. The number of carboxylic acid groups (broad SMARTS) is 1. The zero-order valence-electron chi connectivity index (χ0n) is 10.9. The second-order valence-corrected chi connectivity index (χ2v) is 4.50. The Labute approximate surface area is 121 Å². The van der Waals surface area contributed by atoms with Crippen LogP contribution in [0.15, 0.2) is 42.7 Å². The highest BCUT2D eigenvalue weighted by Crippen LogP contribution is 2.33. The molecule has 0 aliphatic carbocycles. The van der Waals surface area contributed by atoms with Gasteiger partial charge in [0.25, 0.3) is 0 Å². The van der Waals surface area contributed by atoms with Crippen molar-refractivity contribution in [2.75, 3.05) is 0 Å². The Morgan fingerprint density at radius 3 is 2.68 bits per heavy atom. The summed E-state index contributed by atoms with van der Waals surface area (Å²) in [5, 5.41) is 13.4. The molecule has 0 aliphatic rings. The van der Waals surface area contributed by atoms with Crippen LogP contribution < -0.4 is 0 Å². The van der Waals surface area contributed by atoms with E-state index in [9.17, 15) is 23.1 Å². The van der Waals surface area contributed by atoms with Gasteiger partial charge in [0.05, 0.1) is 5.56 Å². The smallest absolute Gasteiger partial charge is 0.416 e. The maximum absolute atomic E-state index is 12.8. The molecular weight excluding hydrogens is 299 g/mol. The van der Waals surface area contributed by atoms with Crippen molar-refractivity contribution in [2.24, 2.45) is 0 Å². The van der Waals surface area contributed by atoms with Crippen LogP contribution in [0, 0.1) is 0 Å². The summed E-state index contributed by atoms with van der Waals surface area (Å²) >= 11 is 0. The average molecular weight is 307 g/mol. The fourth-order valence-corrected chi connectivity index (χ4v) is 2.13. The van der Waals surface area contributed by atoms with Crippen molar-refractivity contribution < 1.29 is 23.1 Å². The molecule has 8 heteroatoms. The van der Waals surface area contributed by atoms with E-state index in [1.807, 2.05) is 0 Å². The molecule has 22 heavy (non-hydrogen) atoms. The monoisotopic (exact) mass is 307 g/mol. The van der Waals surface area contributed by atoms with Crippen LogP contribution in [-0.2, 0) is 6.18 Å². The molecule has 0 aliphatic heterocycles. The Morgan fingerprint density at radius 2 is 2.00 bits per heavy atom. The lowest BCUT2D eigenvalue weighted by molar-refractivity contribution is -0.137. The minimum absolute atomic E-state index is 0.0581. The van der Waals surface area contributed by atoms with Crippen molar-refractivity contribution >= 4 is 11.6 Å². The highest BCUT2D eigenvalue weighted by Gasteiger charge is 2.31. The first-order chi connectivity index (χ1) is 10.4. The molecule has 0 radical (unpaired) electrons. The number of aromatic nitrogens is 3. The van der Waals surface area contributed by atoms with Gasteiger partial charge in [0, 0.05) is 18.0 Å². The number of rotatable bonds is 2. The normalized spacial score (nSPS) is 11.8. The van der Waals surface area contributed by atoms with Crippen LogP contribution in [0.1, 0.15) is 15.9 Å². The summed E-state index contributed by atoms with van der Waals surface area (Å²) in [5.41, 5.74) is -1.02. The van der Waals surface area contributed by atoms with Crippen LogP contribution in [0.4, 0.5) is 13.2 Å². The molecule has 2 heterocycles. The topological polar surface area (TPSA) is 67.5 Å². The fraction of sp³-hybridized carbons (Fsp3) is 0.0714. The predicted octanol–water partition coefficient (Wildman–Crippen LogP) is 3.11. The zero-order valence-corrected chi connectivity index (χ0v) is 10.9. The number of hydrogen-bond acceptors (Lipinski definition) is 3. The quantitative estimate of drug-likeness (QED) is 0.790. The molecular formula is C14H8F3N3O2. The number of halogens is 3. The molecule has 0 saturated carbocycles. The molecule has 1 N–H and O–H groups in total. The van der Waals surface area contributed by atoms with E-state index in [0.717, 1.165) is 12.1 Å². The van der Waals surface area contributed by atoms with E-state index in [1.165, 1.54) is 29.0 Å². The summed E-state index contributed by atoms with van der Waals surface area (Å²) in [6.07, 6.45) is -1.65. The second kappa shape index (κ2) is 4.83. The lowest BCUT2D eigenvalue weighted by Crippen LogP contribution is -2.05. The summed E-state index contributed by atoms with van der Waals surface area (Å²) in [5.74, 6) is -1.30. The second-order valence-electron chi connectivity index (χ2n) is 4.50. The van der Waals surface area contributed by atoms with Crippen molar-refractivity contribution in [3.05, 3.63) is 53.9 Å². The van der Waals surface area contributed by atoms with E-state index in [1.54, 1.807) is 6.07 Å². The van der Waals surface area contributed by atoms with Gasteiger partial charge in [-0.1, -0.05) is 12.1 Å². The Hall–Kier alpha value is -2.90. The Bertz CT molecular complexity index is 871. The predicted molar refractivity (Wildman–Crippen MR) is 70.4 cm³/mol. The molecule has 0 unspecified atom stereocenters. The first-order valence-corrected chi connectivity index (χ1v) is 6.12. The van der Waals surface area contributed by atoms with Crippen LogP contribution in [0.3, 0.4) is 0 Å². The van der Waals surface area contributed by atoms with E-state index < -0.39 is 17.7 Å². The molecule has 3 rings (SSSR count). The molecule has 2 aromatic heterocycles. The number of fused-ring (bicyclic) bond motifs is 1. The van der Waals surface area contributed by atoms with Gasteiger partial charge in [-0.25, -0.2) is 14.3 Å². The van der Waals surface area contributed by atoms with E-state index >= 15 is 0 Å². The van der Waals surface area contributed by atoms with Gasteiger partial charge in [-0.05, 0) is 18.2 Å². The summed E-state index contributed by atoms with van der Waals surface area (Å²) < 4.78 is 39.6. The molecule has 3 aromatic rings. The maximum atomic E-state index is 12.8. The third-order valence-corrected chi connectivity index (χ3v) is 3.07. The number of hydrogen-bond donors (Lipinski definition) is 1. The lowest BCUT2D eigenvalue weighted by Gasteiger charge is -2.07. The van der Waals surface area contributed by atoms with Gasteiger partial charge in [-0.2, -0.15) is 18.3 Å². The van der Waals surface area contributed by atoms with Gasteiger partial charge in [-0.15, -0.1) is 0 Å². The lowest BCUT2D eigenvalue weighted by atomic mass is 10.0. The van der Waals surface area contributed by atoms with Gasteiger partial charge in [0.15, 0.2) is 5.65 Å². The van der Waals surface area contributed by atoms with Gasteiger partial charge in [-0.3, -0.25) is 0 Å². The average Bonchev–Trinajstić information content (AvgIpc) is 2.86. The number of carbonyl (C=O) groups is 1. The number of aromatic carboxylic acids is 1. The highest BCUT2D eigenvalue weighted by molar-refractivity contribution is 6.01. The highest BCUT2D eigenvalue weighted by atomic mass is 19.4. The molecule has 0 fully saturated rings. The minimum Gasteiger partial charge on any atom is -0.477 e.